The topological polar surface area (TPSA) is 52.6 Å². The van der Waals surface area contributed by atoms with Crippen molar-refractivity contribution in [3.8, 4) is 5.75 Å². The Kier molecular flexibility index (Phi) is 5.31. The number of rotatable bonds is 5. The predicted molar refractivity (Wildman–Crippen MR) is 78.8 cm³/mol. The molecule has 0 N–H and O–H groups in total. The van der Waals surface area contributed by atoms with Crippen LogP contribution in [-0.4, -0.2) is 40.8 Å². The molecule has 2 unspecified atom stereocenters. The largest absolute Gasteiger partial charge is 0.497 e. The highest BCUT2D eigenvalue weighted by Gasteiger charge is 2.29. The van der Waals surface area contributed by atoms with Gasteiger partial charge in [-0.25, -0.2) is 0 Å². The Morgan fingerprint density at radius 1 is 1.30 bits per heavy atom. The van der Waals surface area contributed by atoms with E-state index >= 15 is 0 Å². The lowest BCUT2D eigenvalue weighted by Gasteiger charge is -2.24. The summed E-state index contributed by atoms with van der Waals surface area (Å²) in [6.07, 6.45) is 1.54. The fourth-order valence-corrected chi connectivity index (χ4v) is 3.87. The molecule has 1 aliphatic heterocycles. The third-order valence-corrected chi connectivity index (χ3v) is 5.63. The number of ether oxygens (including phenoxy) is 2. The van der Waals surface area contributed by atoms with E-state index in [0.717, 1.165) is 12.8 Å². The van der Waals surface area contributed by atoms with Gasteiger partial charge in [0.2, 0.25) is 0 Å². The van der Waals surface area contributed by atoms with E-state index in [-0.39, 0.29) is 11.0 Å². The van der Waals surface area contributed by atoms with Gasteiger partial charge in [0.25, 0.3) is 0 Å². The number of methoxy groups -OCH3 is 1. The van der Waals surface area contributed by atoms with Crippen molar-refractivity contribution in [3.05, 3.63) is 29.8 Å². The lowest BCUT2D eigenvalue weighted by Crippen LogP contribution is -2.34. The van der Waals surface area contributed by atoms with E-state index in [1.165, 1.54) is 0 Å². The number of carbonyl (C=O) groups is 1. The third-order valence-electron chi connectivity index (χ3n) is 3.59. The van der Waals surface area contributed by atoms with Crippen molar-refractivity contribution in [2.45, 2.75) is 30.3 Å². The van der Waals surface area contributed by atoms with Crippen LogP contribution in [-0.2, 0) is 15.5 Å². The van der Waals surface area contributed by atoms with Crippen molar-refractivity contribution in [2.24, 2.45) is 0 Å². The molecule has 1 saturated heterocycles. The molecule has 2 atom stereocenters. The van der Waals surface area contributed by atoms with Crippen LogP contribution < -0.4 is 4.74 Å². The van der Waals surface area contributed by atoms with Crippen molar-refractivity contribution in [3.63, 3.8) is 0 Å². The number of carbonyl (C=O) groups excluding carboxylic acids is 1. The fourth-order valence-electron chi connectivity index (χ4n) is 2.29. The second-order valence-electron chi connectivity index (χ2n) is 4.88. The van der Waals surface area contributed by atoms with E-state index in [1.807, 2.05) is 0 Å². The molecule has 0 amide bonds. The zero-order chi connectivity index (χ0) is 14.5. The first-order valence-electron chi connectivity index (χ1n) is 6.79. The van der Waals surface area contributed by atoms with E-state index in [1.54, 1.807) is 38.3 Å². The molecule has 0 bridgehead atoms. The summed E-state index contributed by atoms with van der Waals surface area (Å²) in [6.45, 7) is 3.03. The smallest absolute Gasteiger partial charge is 0.178 e. The predicted octanol–water partition coefficient (Wildman–Crippen LogP) is 2.19. The van der Waals surface area contributed by atoms with Crippen LogP contribution in [0.25, 0.3) is 0 Å². The first-order valence-corrected chi connectivity index (χ1v) is 8.06. The van der Waals surface area contributed by atoms with Crippen LogP contribution >= 0.6 is 0 Å². The molecule has 0 spiro atoms. The summed E-state index contributed by atoms with van der Waals surface area (Å²) >= 11 is 0. The minimum atomic E-state index is -1.15. The maximum atomic E-state index is 12.4. The molecule has 1 aromatic rings. The molecule has 1 aromatic carbocycles. The van der Waals surface area contributed by atoms with Crippen molar-refractivity contribution >= 4 is 16.6 Å². The summed E-state index contributed by atoms with van der Waals surface area (Å²) in [5.74, 6) is 0.636. The van der Waals surface area contributed by atoms with E-state index in [9.17, 15) is 9.00 Å². The number of hydrogen-bond donors (Lipinski definition) is 0. The molecule has 0 aromatic heterocycles. The number of hydrogen-bond acceptors (Lipinski definition) is 4. The summed E-state index contributed by atoms with van der Waals surface area (Å²) in [6, 6.07) is 6.94. The van der Waals surface area contributed by atoms with Crippen LogP contribution in [0.5, 0.6) is 5.75 Å². The van der Waals surface area contributed by atoms with Crippen LogP contribution in [0.3, 0.4) is 0 Å². The van der Waals surface area contributed by atoms with Crippen LogP contribution in [0.15, 0.2) is 24.3 Å². The molecule has 2 rings (SSSR count). The highest BCUT2D eigenvalue weighted by atomic mass is 32.2. The van der Waals surface area contributed by atoms with Gasteiger partial charge in [-0.3, -0.25) is 9.00 Å². The molecule has 1 fully saturated rings. The van der Waals surface area contributed by atoms with Crippen molar-refractivity contribution < 1.29 is 18.5 Å². The fraction of sp³-hybridized carbons (Fsp3) is 0.533. The molecular formula is C15H20O4S. The number of Topliss-reactive ketones (excluding diaryl/α,β-unsaturated/α-hetero) is 1. The molecule has 0 saturated carbocycles. The van der Waals surface area contributed by atoms with E-state index in [2.05, 4.69) is 0 Å². The molecular weight excluding hydrogens is 276 g/mol. The molecule has 0 aliphatic carbocycles. The summed E-state index contributed by atoms with van der Waals surface area (Å²) < 4.78 is 22.8. The maximum absolute atomic E-state index is 12.4. The Hall–Kier alpha value is -1.20. The van der Waals surface area contributed by atoms with Gasteiger partial charge >= 0.3 is 0 Å². The molecule has 20 heavy (non-hydrogen) atoms. The number of benzene rings is 1. The van der Waals surface area contributed by atoms with Crippen LogP contribution in [0.4, 0.5) is 0 Å². The lowest BCUT2D eigenvalue weighted by atomic mass is 10.1. The average Bonchev–Trinajstić information content (AvgIpc) is 2.53. The van der Waals surface area contributed by atoms with Gasteiger partial charge in [0.15, 0.2) is 5.78 Å². The maximum Gasteiger partial charge on any atom is 0.178 e. The van der Waals surface area contributed by atoms with Crippen molar-refractivity contribution in [1.82, 2.24) is 0 Å². The average molecular weight is 296 g/mol. The molecule has 5 heteroatoms. The van der Waals surface area contributed by atoms with E-state index in [4.69, 9.17) is 9.47 Å². The highest BCUT2D eigenvalue weighted by Crippen LogP contribution is 2.20. The summed E-state index contributed by atoms with van der Waals surface area (Å²) in [5.41, 5.74) is 0.582. The molecule has 1 aliphatic rings. The Balaban J connectivity index is 2.04. The minimum absolute atomic E-state index is 0.0703. The van der Waals surface area contributed by atoms with Gasteiger partial charge in [0.1, 0.15) is 5.75 Å². The zero-order valence-corrected chi connectivity index (χ0v) is 12.7. The van der Waals surface area contributed by atoms with Gasteiger partial charge < -0.3 is 9.47 Å². The minimum Gasteiger partial charge on any atom is -0.497 e. The molecule has 0 radical (unpaired) electrons. The Morgan fingerprint density at radius 2 is 1.90 bits per heavy atom. The summed E-state index contributed by atoms with van der Waals surface area (Å²) in [4.78, 5) is 12.4. The van der Waals surface area contributed by atoms with E-state index < -0.39 is 16.0 Å². The zero-order valence-electron chi connectivity index (χ0n) is 11.8. The van der Waals surface area contributed by atoms with Gasteiger partial charge in [-0.2, -0.15) is 0 Å². The monoisotopic (exact) mass is 296 g/mol. The molecule has 1 heterocycles. The van der Waals surface area contributed by atoms with Gasteiger partial charge in [-0.05, 0) is 44.0 Å². The van der Waals surface area contributed by atoms with Crippen LogP contribution in [0, 0.1) is 0 Å². The first kappa shape index (κ1) is 15.2. The Labute approximate surface area is 121 Å². The normalized spacial score (nSPS) is 19.3. The Morgan fingerprint density at radius 3 is 2.45 bits per heavy atom. The van der Waals surface area contributed by atoms with Gasteiger partial charge in [-0.15, -0.1) is 0 Å². The van der Waals surface area contributed by atoms with Crippen molar-refractivity contribution in [2.75, 3.05) is 20.3 Å². The Bertz CT molecular complexity index is 477. The molecule has 4 nitrogen and oxygen atoms in total. The highest BCUT2D eigenvalue weighted by molar-refractivity contribution is 7.87. The van der Waals surface area contributed by atoms with Crippen molar-refractivity contribution in [1.29, 1.82) is 0 Å². The molecule has 110 valence electrons. The van der Waals surface area contributed by atoms with Crippen LogP contribution in [0.2, 0.25) is 0 Å². The lowest BCUT2D eigenvalue weighted by molar-refractivity contribution is 0.0966. The van der Waals surface area contributed by atoms with Gasteiger partial charge in [0.05, 0.1) is 12.4 Å². The summed E-state index contributed by atoms with van der Waals surface area (Å²) in [5, 5.41) is -0.410. The third kappa shape index (κ3) is 3.46. The quantitative estimate of drug-likeness (QED) is 0.782. The van der Waals surface area contributed by atoms with Gasteiger partial charge in [-0.1, -0.05) is 0 Å². The standard InChI is InChI=1S/C15H20O4S/c1-11(20(17)14-7-9-19-10-8-14)15(16)12-3-5-13(18-2)6-4-12/h3-6,11,14H,7-10H2,1-2H3. The second-order valence-corrected chi connectivity index (χ2v) is 6.91. The first-order chi connectivity index (χ1) is 9.63. The van der Waals surface area contributed by atoms with Crippen LogP contribution in [0.1, 0.15) is 30.1 Å². The van der Waals surface area contributed by atoms with Gasteiger partial charge in [0, 0.05) is 34.8 Å². The number of ketones is 1. The van der Waals surface area contributed by atoms with E-state index in [0.29, 0.717) is 24.5 Å². The summed E-state index contributed by atoms with van der Waals surface area (Å²) in [7, 11) is 0.433. The second kappa shape index (κ2) is 6.99. The SMILES string of the molecule is COc1ccc(C(=O)C(C)S(=O)C2CCOCC2)cc1.